The van der Waals surface area contributed by atoms with Crippen LogP contribution in [0.5, 0.6) is 0 Å². The Balaban J connectivity index is 1.25. The van der Waals surface area contributed by atoms with Crippen LogP contribution in [-0.4, -0.2) is 86.0 Å². The molecule has 6 heterocycles. The summed E-state index contributed by atoms with van der Waals surface area (Å²) in [5.41, 5.74) is 2.24. The Morgan fingerprint density at radius 2 is 1.88 bits per heavy atom. The number of benzene rings is 1. The van der Waals surface area contributed by atoms with Crippen molar-refractivity contribution in [3.63, 3.8) is 0 Å². The lowest BCUT2D eigenvalue weighted by Gasteiger charge is -2.55. The Morgan fingerprint density at radius 3 is 2.55 bits per heavy atom. The molecule has 212 valence electrons. The highest BCUT2D eigenvalue weighted by Crippen LogP contribution is 2.42. The number of nitrogens with zero attached hydrogens (tertiary/aromatic N) is 6. The molecule has 0 saturated carbocycles. The topological polar surface area (TPSA) is 112 Å². The minimum atomic E-state index is -3.59. The monoisotopic (exact) mass is 585 g/mol. The molecule has 40 heavy (non-hydrogen) atoms. The highest BCUT2D eigenvalue weighted by molar-refractivity contribution is 7.92. The highest BCUT2D eigenvalue weighted by atomic mass is 35.5. The SMILES string of the molecule is CS(=O)(=O)Nc1ccc(Cl)cc1C(=O)N1CCCC[C@H]1c1cc2nc(N3CCC3)cc(N3CC4(COC4)C3)n2n1. The van der Waals surface area contributed by atoms with E-state index in [0.29, 0.717) is 11.6 Å². The summed E-state index contributed by atoms with van der Waals surface area (Å²) in [7, 11) is -3.59. The van der Waals surface area contributed by atoms with Gasteiger partial charge in [0.2, 0.25) is 10.0 Å². The van der Waals surface area contributed by atoms with Crippen LogP contribution < -0.4 is 14.5 Å². The number of anilines is 3. The van der Waals surface area contributed by atoms with Crippen molar-refractivity contribution in [3.05, 3.63) is 46.6 Å². The number of piperidine rings is 1. The van der Waals surface area contributed by atoms with Gasteiger partial charge in [0.1, 0.15) is 11.6 Å². The molecule has 0 unspecified atom stereocenters. The largest absolute Gasteiger partial charge is 0.380 e. The van der Waals surface area contributed by atoms with Crippen molar-refractivity contribution in [1.29, 1.82) is 0 Å². The number of amides is 1. The number of ether oxygens (including phenoxy) is 1. The summed E-state index contributed by atoms with van der Waals surface area (Å²) in [6.07, 6.45) is 4.79. The molecule has 11 nitrogen and oxygen atoms in total. The zero-order chi connectivity index (χ0) is 27.6. The molecule has 3 aromatic rings. The van der Waals surface area contributed by atoms with Crippen LogP contribution in [0.1, 0.15) is 47.8 Å². The molecule has 4 fully saturated rings. The summed E-state index contributed by atoms with van der Waals surface area (Å²) in [6, 6.07) is 8.49. The van der Waals surface area contributed by atoms with Gasteiger partial charge in [-0.25, -0.2) is 13.4 Å². The van der Waals surface area contributed by atoms with Crippen LogP contribution in [0.4, 0.5) is 17.3 Å². The predicted octanol–water partition coefficient (Wildman–Crippen LogP) is 3.17. The Hall–Kier alpha value is -3.09. The Kier molecular flexibility index (Phi) is 6.13. The normalized spacial score (nSPS) is 22.1. The molecule has 1 amide bonds. The van der Waals surface area contributed by atoms with E-state index in [1.54, 1.807) is 11.0 Å². The fourth-order valence-corrected chi connectivity index (χ4v) is 6.93. The Labute approximate surface area is 238 Å². The van der Waals surface area contributed by atoms with Crippen LogP contribution in [0.25, 0.3) is 5.65 Å². The summed E-state index contributed by atoms with van der Waals surface area (Å²) in [5.74, 6) is 1.69. The molecule has 0 aliphatic carbocycles. The fraction of sp³-hybridized carbons (Fsp3) is 0.519. The van der Waals surface area contributed by atoms with E-state index in [0.717, 1.165) is 94.3 Å². The quantitative estimate of drug-likeness (QED) is 0.469. The molecule has 1 N–H and O–H groups in total. The van der Waals surface area contributed by atoms with Gasteiger partial charge in [0, 0.05) is 49.9 Å². The van der Waals surface area contributed by atoms with E-state index in [1.807, 2.05) is 10.6 Å². The molecule has 4 saturated heterocycles. The van der Waals surface area contributed by atoms with Gasteiger partial charge in [-0.3, -0.25) is 9.52 Å². The summed E-state index contributed by atoms with van der Waals surface area (Å²) < 4.78 is 33.9. The van der Waals surface area contributed by atoms with Gasteiger partial charge in [-0.1, -0.05) is 11.6 Å². The lowest BCUT2D eigenvalue weighted by atomic mass is 9.78. The van der Waals surface area contributed by atoms with E-state index in [2.05, 4.69) is 20.6 Å². The van der Waals surface area contributed by atoms with Crippen LogP contribution in [0.15, 0.2) is 30.3 Å². The van der Waals surface area contributed by atoms with E-state index >= 15 is 0 Å². The third-order valence-electron chi connectivity index (χ3n) is 8.40. The Bertz CT molecular complexity index is 1590. The average Bonchev–Trinajstić information content (AvgIpc) is 3.25. The van der Waals surface area contributed by atoms with Crippen molar-refractivity contribution in [1.82, 2.24) is 19.5 Å². The van der Waals surface area contributed by atoms with Gasteiger partial charge in [-0.15, -0.1) is 0 Å². The number of sulfonamides is 1. The zero-order valence-corrected chi connectivity index (χ0v) is 23.9. The lowest BCUT2D eigenvalue weighted by Crippen LogP contribution is -2.66. The summed E-state index contributed by atoms with van der Waals surface area (Å²) in [5, 5.41) is 5.39. The van der Waals surface area contributed by atoms with Gasteiger partial charge in [-0.2, -0.15) is 9.61 Å². The van der Waals surface area contributed by atoms with Crippen molar-refractivity contribution < 1.29 is 17.9 Å². The maximum absolute atomic E-state index is 13.9. The molecule has 2 aromatic heterocycles. The van der Waals surface area contributed by atoms with Gasteiger partial charge in [0.15, 0.2) is 5.65 Å². The maximum Gasteiger partial charge on any atom is 0.256 e. The minimum Gasteiger partial charge on any atom is -0.380 e. The van der Waals surface area contributed by atoms with Crippen LogP contribution >= 0.6 is 11.6 Å². The molecule has 7 rings (SSSR count). The molecule has 0 radical (unpaired) electrons. The highest BCUT2D eigenvalue weighted by Gasteiger charge is 2.50. The fourth-order valence-electron chi connectivity index (χ4n) is 6.18. The molecule has 0 bridgehead atoms. The standard InChI is InChI=1S/C27H32ClN7O4S/c1-40(37,38)31-20-7-6-18(28)11-19(20)26(36)34-10-3-2-5-22(34)21-12-24-29-23(32-8-4-9-32)13-25(35(24)30-21)33-14-27(15-33)16-39-17-27/h6-7,11-13,22,31H,2-5,8-10,14-17H2,1H3/t22-/m0/s1. The third kappa shape index (κ3) is 4.55. The number of halogens is 1. The molecule has 13 heteroatoms. The second-order valence-corrected chi connectivity index (χ2v) is 13.8. The summed E-state index contributed by atoms with van der Waals surface area (Å²) in [6.45, 7) is 6.00. The number of rotatable bonds is 6. The van der Waals surface area contributed by atoms with Gasteiger partial charge in [0.25, 0.3) is 5.91 Å². The number of carbonyl (C=O) groups is 1. The van der Waals surface area contributed by atoms with E-state index in [1.165, 1.54) is 12.1 Å². The first-order chi connectivity index (χ1) is 19.2. The van der Waals surface area contributed by atoms with Crippen molar-refractivity contribution >= 4 is 50.5 Å². The molecule has 1 spiro atoms. The van der Waals surface area contributed by atoms with Crippen molar-refractivity contribution in [2.24, 2.45) is 5.41 Å². The first-order valence-electron chi connectivity index (χ1n) is 13.7. The summed E-state index contributed by atoms with van der Waals surface area (Å²) in [4.78, 5) is 25.3. The third-order valence-corrected chi connectivity index (χ3v) is 9.23. The van der Waals surface area contributed by atoms with Crippen molar-refractivity contribution in [2.45, 2.75) is 31.7 Å². The molecular weight excluding hydrogens is 554 g/mol. The predicted molar refractivity (Wildman–Crippen MR) is 153 cm³/mol. The molecule has 4 aliphatic heterocycles. The second-order valence-electron chi connectivity index (χ2n) is 11.6. The molecular formula is C27H32ClN7O4S. The molecule has 1 aromatic carbocycles. The van der Waals surface area contributed by atoms with Gasteiger partial charge in [0.05, 0.1) is 47.9 Å². The van der Waals surface area contributed by atoms with Crippen molar-refractivity contribution in [2.75, 3.05) is 66.7 Å². The van der Waals surface area contributed by atoms with Gasteiger partial charge < -0.3 is 19.4 Å². The Morgan fingerprint density at radius 1 is 1.07 bits per heavy atom. The summed E-state index contributed by atoms with van der Waals surface area (Å²) >= 11 is 6.25. The number of hydrogen-bond acceptors (Lipinski definition) is 8. The van der Waals surface area contributed by atoms with Gasteiger partial charge >= 0.3 is 0 Å². The number of nitrogens with one attached hydrogen (secondary N) is 1. The number of likely N-dealkylation sites (tertiary alicyclic amines) is 1. The van der Waals surface area contributed by atoms with Crippen LogP contribution in [0, 0.1) is 5.41 Å². The van der Waals surface area contributed by atoms with Crippen LogP contribution in [-0.2, 0) is 14.8 Å². The molecule has 4 aliphatic rings. The second kappa shape index (κ2) is 9.49. The van der Waals surface area contributed by atoms with E-state index in [9.17, 15) is 13.2 Å². The first-order valence-corrected chi connectivity index (χ1v) is 16.0. The zero-order valence-electron chi connectivity index (χ0n) is 22.3. The van der Waals surface area contributed by atoms with E-state index in [4.69, 9.17) is 26.4 Å². The van der Waals surface area contributed by atoms with Crippen LogP contribution in [0.2, 0.25) is 5.02 Å². The first kappa shape index (κ1) is 25.8. The average molecular weight is 586 g/mol. The number of fused-ring (bicyclic) bond motifs is 1. The minimum absolute atomic E-state index is 0.214. The smallest absolute Gasteiger partial charge is 0.256 e. The lowest BCUT2D eigenvalue weighted by molar-refractivity contribution is -0.127. The van der Waals surface area contributed by atoms with Crippen LogP contribution in [0.3, 0.4) is 0 Å². The van der Waals surface area contributed by atoms with E-state index in [-0.39, 0.29) is 28.6 Å². The van der Waals surface area contributed by atoms with Crippen molar-refractivity contribution in [3.8, 4) is 0 Å². The number of hydrogen-bond donors (Lipinski definition) is 1. The number of carbonyl (C=O) groups excluding carboxylic acids is 1. The van der Waals surface area contributed by atoms with E-state index < -0.39 is 10.0 Å². The number of aromatic nitrogens is 3. The van der Waals surface area contributed by atoms with Gasteiger partial charge in [-0.05, 0) is 43.9 Å². The maximum atomic E-state index is 13.9. The molecule has 1 atom stereocenters.